The molecule has 5 unspecified atom stereocenters. The van der Waals surface area contributed by atoms with Gasteiger partial charge in [-0.1, -0.05) is 0 Å². The minimum atomic E-state index is -1.56. The quantitative estimate of drug-likeness (QED) is 0.0414. The standard InChI is InChI=1S/C18H34N8O7S/c1-8(27)13(16(31)25-11(7-34)17(32)33)26-15(30)10(4-5-12(20)28)24-14(29)9(19)3-2-6-23-18(21)22/h8-11,13,27,34H,2-7,19H2,1H3,(H2,20,28)(H,24,29)(H,25,31)(H,26,30)(H,32,33)(H4,21,22,23). The first-order chi connectivity index (χ1) is 15.8. The zero-order chi connectivity index (χ0) is 26.4. The van der Waals surface area contributed by atoms with E-state index in [4.69, 9.17) is 28.0 Å². The second-order valence-corrected chi connectivity index (χ2v) is 7.80. The number of carboxylic acids is 1. The molecule has 0 aliphatic heterocycles. The van der Waals surface area contributed by atoms with E-state index in [9.17, 15) is 29.1 Å². The van der Waals surface area contributed by atoms with Gasteiger partial charge in [0.2, 0.25) is 23.6 Å². The Balaban J connectivity index is 5.31. The molecule has 0 aromatic heterocycles. The Bertz CT molecular complexity index is 761. The number of rotatable bonds is 16. The fraction of sp³-hybridized carbons (Fsp3) is 0.667. The maximum absolute atomic E-state index is 12.8. The number of aliphatic carboxylic acids is 1. The SMILES string of the molecule is CC(O)C(NC(=O)C(CCC(N)=O)NC(=O)C(N)CCCN=C(N)N)C(=O)NC(CS)C(=O)O. The van der Waals surface area contributed by atoms with Gasteiger partial charge in [0.25, 0.3) is 0 Å². The van der Waals surface area contributed by atoms with E-state index < -0.39 is 59.9 Å². The summed E-state index contributed by atoms with van der Waals surface area (Å²) in [6, 6.07) is -5.27. The van der Waals surface area contributed by atoms with Crippen molar-refractivity contribution in [3.05, 3.63) is 0 Å². The van der Waals surface area contributed by atoms with Crippen molar-refractivity contribution in [3.63, 3.8) is 0 Å². The zero-order valence-electron chi connectivity index (χ0n) is 18.8. The Morgan fingerprint density at radius 3 is 2.00 bits per heavy atom. The lowest BCUT2D eigenvalue weighted by molar-refractivity contribution is -0.142. The van der Waals surface area contributed by atoms with Crippen LogP contribution >= 0.6 is 12.6 Å². The Morgan fingerprint density at radius 1 is 0.941 bits per heavy atom. The molecule has 0 heterocycles. The van der Waals surface area contributed by atoms with Crippen molar-refractivity contribution in [2.75, 3.05) is 12.3 Å². The second kappa shape index (κ2) is 15.7. The van der Waals surface area contributed by atoms with Crippen molar-refractivity contribution in [3.8, 4) is 0 Å². The number of aliphatic hydroxyl groups is 1. The van der Waals surface area contributed by atoms with Crippen LogP contribution in [0.25, 0.3) is 0 Å². The van der Waals surface area contributed by atoms with Gasteiger partial charge in [-0.15, -0.1) is 0 Å². The highest BCUT2D eigenvalue weighted by molar-refractivity contribution is 7.80. The summed E-state index contributed by atoms with van der Waals surface area (Å²) < 4.78 is 0. The van der Waals surface area contributed by atoms with Crippen LogP contribution in [0.5, 0.6) is 0 Å². The monoisotopic (exact) mass is 506 g/mol. The van der Waals surface area contributed by atoms with Crippen LogP contribution in [-0.2, 0) is 24.0 Å². The zero-order valence-corrected chi connectivity index (χ0v) is 19.7. The fourth-order valence-electron chi connectivity index (χ4n) is 2.59. The minimum Gasteiger partial charge on any atom is -0.480 e. The minimum absolute atomic E-state index is 0.109. The number of nitrogens with one attached hydrogen (secondary N) is 3. The van der Waals surface area contributed by atoms with E-state index in [1.807, 2.05) is 0 Å². The molecular weight excluding hydrogens is 472 g/mol. The number of nitrogens with two attached hydrogens (primary N) is 4. The first-order valence-electron chi connectivity index (χ1n) is 10.3. The van der Waals surface area contributed by atoms with E-state index in [1.165, 1.54) is 6.92 Å². The summed E-state index contributed by atoms with van der Waals surface area (Å²) in [7, 11) is 0. The number of aliphatic hydroxyl groups excluding tert-OH is 1. The summed E-state index contributed by atoms with van der Waals surface area (Å²) >= 11 is 3.83. The largest absolute Gasteiger partial charge is 0.480 e. The van der Waals surface area contributed by atoms with Crippen molar-refractivity contribution in [1.82, 2.24) is 16.0 Å². The van der Waals surface area contributed by atoms with E-state index >= 15 is 0 Å². The lowest BCUT2D eigenvalue weighted by atomic mass is 10.1. The normalized spacial score (nSPS) is 15.1. The molecule has 15 nitrogen and oxygen atoms in total. The smallest absolute Gasteiger partial charge is 0.327 e. The maximum atomic E-state index is 12.8. The van der Waals surface area contributed by atoms with Crippen LogP contribution in [0.4, 0.5) is 0 Å². The highest BCUT2D eigenvalue weighted by Gasteiger charge is 2.32. The van der Waals surface area contributed by atoms with Gasteiger partial charge in [-0.2, -0.15) is 12.6 Å². The van der Waals surface area contributed by atoms with Crippen molar-refractivity contribution in [2.24, 2.45) is 27.9 Å². The van der Waals surface area contributed by atoms with Gasteiger partial charge in [0.1, 0.15) is 18.1 Å². The molecule has 0 fully saturated rings. The highest BCUT2D eigenvalue weighted by atomic mass is 32.1. The van der Waals surface area contributed by atoms with E-state index in [-0.39, 0.29) is 37.5 Å². The summed E-state index contributed by atoms with van der Waals surface area (Å²) in [5.74, 6) is -5.06. The number of thiol groups is 1. The number of carboxylic acid groups (broad SMARTS) is 1. The molecule has 0 aliphatic rings. The van der Waals surface area contributed by atoms with Gasteiger partial charge >= 0.3 is 5.97 Å². The Hall–Kier alpha value is -3.11. The van der Waals surface area contributed by atoms with Gasteiger partial charge in [0.05, 0.1) is 12.1 Å². The van der Waals surface area contributed by atoms with E-state index in [2.05, 4.69) is 33.6 Å². The molecule has 0 aromatic carbocycles. The van der Waals surface area contributed by atoms with Gasteiger partial charge in [0.15, 0.2) is 5.96 Å². The molecule has 16 heteroatoms. The number of carbonyl (C=O) groups is 5. The average Bonchev–Trinajstić information content (AvgIpc) is 2.74. The lowest BCUT2D eigenvalue weighted by Crippen LogP contribution is -2.60. The summed E-state index contributed by atoms with van der Waals surface area (Å²) in [4.78, 5) is 63.7. The van der Waals surface area contributed by atoms with E-state index in [0.29, 0.717) is 6.42 Å². The molecule has 0 rings (SSSR count). The third kappa shape index (κ3) is 12.2. The summed E-state index contributed by atoms with van der Waals surface area (Å²) in [5.41, 5.74) is 21.4. The van der Waals surface area contributed by atoms with Crippen LogP contribution in [0.1, 0.15) is 32.6 Å². The maximum Gasteiger partial charge on any atom is 0.327 e. The van der Waals surface area contributed by atoms with Gasteiger partial charge in [0, 0.05) is 18.7 Å². The molecule has 4 amide bonds. The molecule has 0 aromatic rings. The van der Waals surface area contributed by atoms with E-state index in [1.54, 1.807) is 0 Å². The molecule has 0 aliphatic carbocycles. The molecule has 34 heavy (non-hydrogen) atoms. The molecule has 0 spiro atoms. The fourth-order valence-corrected chi connectivity index (χ4v) is 2.84. The van der Waals surface area contributed by atoms with E-state index in [0.717, 1.165) is 0 Å². The van der Waals surface area contributed by atoms with Gasteiger partial charge < -0.3 is 49.1 Å². The Morgan fingerprint density at radius 2 is 1.53 bits per heavy atom. The highest BCUT2D eigenvalue weighted by Crippen LogP contribution is 2.04. The van der Waals surface area contributed by atoms with Crippen LogP contribution in [0, 0.1) is 0 Å². The molecule has 5 atom stereocenters. The van der Waals surface area contributed by atoms with Gasteiger partial charge in [-0.05, 0) is 26.2 Å². The molecular formula is C18H34N8O7S. The number of amides is 4. The summed E-state index contributed by atoms with van der Waals surface area (Å²) in [6.45, 7) is 1.44. The van der Waals surface area contributed by atoms with Crippen LogP contribution in [-0.4, -0.2) is 88.3 Å². The molecule has 0 radical (unpaired) electrons. The predicted molar refractivity (Wildman–Crippen MR) is 125 cm³/mol. The summed E-state index contributed by atoms with van der Waals surface area (Å²) in [6.07, 6.45) is -1.35. The molecule has 13 N–H and O–H groups in total. The predicted octanol–water partition coefficient (Wildman–Crippen LogP) is -4.52. The van der Waals surface area contributed by atoms with Crippen molar-refractivity contribution < 1.29 is 34.2 Å². The molecule has 194 valence electrons. The van der Waals surface area contributed by atoms with Crippen LogP contribution in [0.3, 0.4) is 0 Å². The topological polar surface area (TPSA) is 278 Å². The number of guanidine groups is 1. The molecule has 0 saturated carbocycles. The second-order valence-electron chi connectivity index (χ2n) is 7.43. The van der Waals surface area contributed by atoms with Crippen molar-refractivity contribution >= 4 is 48.2 Å². The average molecular weight is 507 g/mol. The first kappa shape index (κ1) is 30.9. The third-order valence-corrected chi connectivity index (χ3v) is 4.84. The van der Waals surface area contributed by atoms with Crippen LogP contribution in [0.15, 0.2) is 4.99 Å². The van der Waals surface area contributed by atoms with Crippen molar-refractivity contribution in [2.45, 2.75) is 62.9 Å². The summed E-state index contributed by atoms with van der Waals surface area (Å²) in [5, 5.41) is 25.8. The number of nitrogens with zero attached hydrogens (tertiary/aromatic N) is 1. The number of hydrogen-bond acceptors (Lipinski definition) is 9. The molecule has 0 bridgehead atoms. The Kier molecular flexibility index (Phi) is 14.2. The lowest BCUT2D eigenvalue weighted by Gasteiger charge is -2.26. The first-order valence-corrected chi connectivity index (χ1v) is 11.0. The van der Waals surface area contributed by atoms with Crippen molar-refractivity contribution in [1.29, 1.82) is 0 Å². The number of primary amides is 1. The van der Waals surface area contributed by atoms with Gasteiger partial charge in [-0.3, -0.25) is 24.2 Å². The van der Waals surface area contributed by atoms with Crippen LogP contribution < -0.4 is 38.9 Å². The van der Waals surface area contributed by atoms with Gasteiger partial charge in [-0.25, -0.2) is 4.79 Å². The molecule has 0 saturated heterocycles. The number of aliphatic imine (C=N–C) groups is 1. The van der Waals surface area contributed by atoms with Crippen LogP contribution in [0.2, 0.25) is 0 Å². The Labute approximate surface area is 201 Å². The number of hydrogen-bond donors (Lipinski definition) is 10. The third-order valence-electron chi connectivity index (χ3n) is 4.48. The number of carbonyl (C=O) groups excluding carboxylic acids is 4.